The Morgan fingerprint density at radius 2 is 1.50 bits per heavy atom. The first-order valence-electron chi connectivity index (χ1n) is 9.23. The van der Waals surface area contributed by atoms with Gasteiger partial charge in [0, 0.05) is 5.69 Å². The van der Waals surface area contributed by atoms with E-state index >= 15 is 0 Å². The second-order valence-corrected chi connectivity index (χ2v) is 6.45. The molecular formula is C22H24N2O6. The summed E-state index contributed by atoms with van der Waals surface area (Å²) >= 11 is 0. The van der Waals surface area contributed by atoms with Crippen LogP contribution in [-0.2, 0) is 19.1 Å². The molecule has 0 radical (unpaired) electrons. The van der Waals surface area contributed by atoms with Crippen LogP contribution in [0.5, 0.6) is 11.5 Å². The first kappa shape index (κ1) is 21.0. The van der Waals surface area contributed by atoms with E-state index in [-0.39, 0.29) is 24.5 Å². The molecule has 0 aliphatic carbocycles. The molecule has 0 aromatic heterocycles. The third kappa shape index (κ3) is 4.03. The Hall–Kier alpha value is -3.68. The number of para-hydroxylation sites is 2. The third-order valence-electron chi connectivity index (χ3n) is 4.84. The lowest BCUT2D eigenvalue weighted by Gasteiger charge is -2.39. The molecule has 0 bridgehead atoms. The van der Waals surface area contributed by atoms with Crippen LogP contribution in [0.3, 0.4) is 0 Å². The van der Waals surface area contributed by atoms with E-state index in [9.17, 15) is 9.59 Å². The van der Waals surface area contributed by atoms with Crippen LogP contribution in [0.2, 0.25) is 0 Å². The third-order valence-corrected chi connectivity index (χ3v) is 4.84. The molecule has 0 spiro atoms. The van der Waals surface area contributed by atoms with Crippen LogP contribution >= 0.6 is 0 Å². The molecule has 0 N–H and O–H groups in total. The highest BCUT2D eigenvalue weighted by Crippen LogP contribution is 2.35. The van der Waals surface area contributed by atoms with Crippen molar-refractivity contribution in [3.63, 3.8) is 0 Å². The van der Waals surface area contributed by atoms with E-state index < -0.39 is 11.9 Å². The van der Waals surface area contributed by atoms with Gasteiger partial charge in [-0.1, -0.05) is 12.1 Å². The number of benzene rings is 2. The molecule has 3 rings (SSSR count). The lowest BCUT2D eigenvalue weighted by molar-refractivity contribution is -0.139. The van der Waals surface area contributed by atoms with Crippen molar-refractivity contribution in [2.75, 3.05) is 51.5 Å². The highest BCUT2D eigenvalue weighted by molar-refractivity contribution is 6.04. The Morgan fingerprint density at radius 3 is 2.10 bits per heavy atom. The van der Waals surface area contributed by atoms with Gasteiger partial charge in [0.25, 0.3) is 0 Å². The van der Waals surface area contributed by atoms with E-state index in [4.69, 9.17) is 18.9 Å². The molecular weight excluding hydrogens is 388 g/mol. The average Bonchev–Trinajstić information content (AvgIpc) is 2.82. The van der Waals surface area contributed by atoms with Crippen molar-refractivity contribution in [1.82, 2.24) is 0 Å². The van der Waals surface area contributed by atoms with Crippen LogP contribution < -0.4 is 19.3 Å². The van der Waals surface area contributed by atoms with Crippen LogP contribution in [0.25, 0.3) is 0 Å². The van der Waals surface area contributed by atoms with Gasteiger partial charge < -0.3 is 28.7 Å². The molecule has 2 aromatic rings. The maximum Gasteiger partial charge on any atom is 0.355 e. The fourth-order valence-corrected chi connectivity index (χ4v) is 3.36. The van der Waals surface area contributed by atoms with Gasteiger partial charge in [-0.3, -0.25) is 0 Å². The van der Waals surface area contributed by atoms with Crippen molar-refractivity contribution in [3.8, 4) is 11.5 Å². The molecule has 1 heterocycles. The van der Waals surface area contributed by atoms with Crippen molar-refractivity contribution in [1.29, 1.82) is 0 Å². The van der Waals surface area contributed by atoms with Gasteiger partial charge in [0.05, 0.1) is 52.9 Å². The highest BCUT2D eigenvalue weighted by atomic mass is 16.5. The number of methoxy groups -OCH3 is 4. The van der Waals surface area contributed by atoms with E-state index in [2.05, 4.69) is 0 Å². The summed E-state index contributed by atoms with van der Waals surface area (Å²) in [4.78, 5) is 28.9. The largest absolute Gasteiger partial charge is 0.497 e. The summed E-state index contributed by atoms with van der Waals surface area (Å²) in [6.07, 6.45) is 0. The fraction of sp³-hybridized carbons (Fsp3) is 0.273. The molecule has 0 saturated heterocycles. The van der Waals surface area contributed by atoms with Crippen molar-refractivity contribution >= 4 is 23.3 Å². The number of rotatable bonds is 6. The van der Waals surface area contributed by atoms with Crippen LogP contribution in [0.15, 0.2) is 59.8 Å². The van der Waals surface area contributed by atoms with E-state index in [1.54, 1.807) is 31.3 Å². The van der Waals surface area contributed by atoms with Crippen molar-refractivity contribution in [2.45, 2.75) is 0 Å². The predicted octanol–water partition coefficient (Wildman–Crippen LogP) is 2.59. The second-order valence-electron chi connectivity index (χ2n) is 6.45. The molecule has 0 atom stereocenters. The molecule has 1 aliphatic rings. The predicted molar refractivity (Wildman–Crippen MR) is 112 cm³/mol. The Bertz CT molecular complexity index is 954. The van der Waals surface area contributed by atoms with Crippen LogP contribution in [-0.4, -0.2) is 53.6 Å². The van der Waals surface area contributed by atoms with Crippen molar-refractivity contribution < 1.29 is 28.5 Å². The first-order chi connectivity index (χ1) is 14.5. The Morgan fingerprint density at radius 1 is 0.833 bits per heavy atom. The van der Waals surface area contributed by atoms with Gasteiger partial charge in [0.15, 0.2) is 0 Å². The Kier molecular flexibility index (Phi) is 6.46. The molecule has 158 valence electrons. The number of ether oxygens (including phenoxy) is 4. The van der Waals surface area contributed by atoms with Crippen LogP contribution in [0.4, 0.5) is 11.4 Å². The van der Waals surface area contributed by atoms with Crippen molar-refractivity contribution in [2.24, 2.45) is 0 Å². The van der Waals surface area contributed by atoms with Gasteiger partial charge in [-0.05, 0) is 36.4 Å². The van der Waals surface area contributed by atoms with Gasteiger partial charge in [0.2, 0.25) is 0 Å². The lowest BCUT2D eigenvalue weighted by Crippen LogP contribution is -2.48. The number of anilines is 2. The number of hydrogen-bond donors (Lipinski definition) is 0. The van der Waals surface area contributed by atoms with Crippen LogP contribution in [0, 0.1) is 0 Å². The van der Waals surface area contributed by atoms with E-state index in [0.29, 0.717) is 17.2 Å². The molecule has 0 saturated carbocycles. The monoisotopic (exact) mass is 412 g/mol. The summed E-state index contributed by atoms with van der Waals surface area (Å²) in [5, 5.41) is 0. The Balaban J connectivity index is 2.15. The minimum atomic E-state index is -0.620. The minimum absolute atomic E-state index is 0.140. The van der Waals surface area contributed by atoms with Crippen molar-refractivity contribution in [3.05, 3.63) is 59.8 Å². The zero-order chi connectivity index (χ0) is 21.7. The quantitative estimate of drug-likeness (QED) is 0.670. The fourth-order valence-electron chi connectivity index (χ4n) is 3.36. The molecule has 30 heavy (non-hydrogen) atoms. The maximum atomic E-state index is 12.7. The number of carbonyl (C=O) groups excluding carboxylic acids is 2. The summed E-state index contributed by atoms with van der Waals surface area (Å²) < 4.78 is 20.7. The lowest BCUT2D eigenvalue weighted by atomic mass is 10.1. The van der Waals surface area contributed by atoms with Crippen LogP contribution in [0.1, 0.15) is 0 Å². The van der Waals surface area contributed by atoms with Gasteiger partial charge in [0.1, 0.15) is 17.2 Å². The average molecular weight is 412 g/mol. The molecule has 0 fully saturated rings. The zero-order valence-corrected chi connectivity index (χ0v) is 17.4. The standard InChI is InChI=1S/C22H24N2O6/c1-27-16-11-9-15(10-12-16)24-14-23(18-7-5-6-8-19(18)28-2)13-17(21(25)29-3)20(24)22(26)30-4/h5-12H,13-14H2,1-4H3. The maximum absolute atomic E-state index is 12.7. The van der Waals surface area contributed by atoms with E-state index in [0.717, 1.165) is 5.69 Å². The smallest absolute Gasteiger partial charge is 0.355 e. The molecule has 0 unspecified atom stereocenters. The number of esters is 2. The summed E-state index contributed by atoms with van der Waals surface area (Å²) in [5.74, 6) is 0.103. The topological polar surface area (TPSA) is 77.5 Å². The van der Waals surface area contributed by atoms with Gasteiger partial charge >= 0.3 is 11.9 Å². The number of nitrogens with zero attached hydrogens (tertiary/aromatic N) is 2. The molecule has 0 amide bonds. The molecule has 8 heteroatoms. The molecule has 1 aliphatic heterocycles. The number of carbonyl (C=O) groups is 2. The minimum Gasteiger partial charge on any atom is -0.497 e. The van der Waals surface area contributed by atoms with E-state index in [1.807, 2.05) is 41.3 Å². The summed E-state index contributed by atoms with van der Waals surface area (Å²) in [5.41, 5.74) is 1.80. The summed E-state index contributed by atoms with van der Waals surface area (Å²) in [6.45, 7) is 0.446. The second kappa shape index (κ2) is 9.21. The summed E-state index contributed by atoms with van der Waals surface area (Å²) in [6, 6.07) is 14.7. The van der Waals surface area contributed by atoms with Gasteiger partial charge in [-0.2, -0.15) is 0 Å². The number of hydrogen-bond acceptors (Lipinski definition) is 8. The highest BCUT2D eigenvalue weighted by Gasteiger charge is 2.35. The normalized spacial score (nSPS) is 13.7. The molecule has 8 nitrogen and oxygen atoms in total. The SMILES string of the molecule is COC(=O)C1=C(C(=O)OC)N(c2ccc(OC)cc2)CN(c2ccccc2OC)C1. The Labute approximate surface area is 175 Å². The molecule has 2 aromatic carbocycles. The first-order valence-corrected chi connectivity index (χ1v) is 9.23. The zero-order valence-electron chi connectivity index (χ0n) is 17.4. The summed E-state index contributed by atoms with van der Waals surface area (Å²) in [7, 11) is 5.72. The van der Waals surface area contributed by atoms with Gasteiger partial charge in [-0.15, -0.1) is 0 Å². The van der Waals surface area contributed by atoms with E-state index in [1.165, 1.54) is 14.2 Å². The van der Waals surface area contributed by atoms with Gasteiger partial charge in [-0.25, -0.2) is 9.59 Å².